The highest BCUT2D eigenvalue weighted by atomic mass is 32.2. The molecule has 3 rings (SSSR count). The summed E-state index contributed by atoms with van der Waals surface area (Å²) in [5.74, 6) is -1.80. The number of aryl methyl sites for hydroxylation is 1. The summed E-state index contributed by atoms with van der Waals surface area (Å²) in [6, 6.07) is 14.6. The normalized spacial score (nSPS) is 11.8. The van der Waals surface area contributed by atoms with Crippen LogP contribution in [0.1, 0.15) is 25.6 Å². The molecular formula is C19H15N2O5S2-. The lowest BCUT2D eigenvalue weighted by molar-refractivity contribution is 0.0702. The van der Waals surface area contributed by atoms with Crippen molar-refractivity contribution in [2.45, 2.75) is 6.92 Å². The number of anilines is 2. The third-order valence-corrected chi connectivity index (χ3v) is 5.92. The Hall–Kier alpha value is -3.01. The van der Waals surface area contributed by atoms with E-state index in [1.165, 1.54) is 18.2 Å². The van der Waals surface area contributed by atoms with E-state index in [-0.39, 0.29) is 10.6 Å². The van der Waals surface area contributed by atoms with Crippen LogP contribution in [0.3, 0.4) is 0 Å². The van der Waals surface area contributed by atoms with Crippen molar-refractivity contribution in [1.29, 1.82) is 0 Å². The van der Waals surface area contributed by atoms with Gasteiger partial charge in [-0.2, -0.15) is 0 Å². The minimum atomic E-state index is -2.73. The van der Waals surface area contributed by atoms with Gasteiger partial charge in [0.05, 0.1) is 22.6 Å². The van der Waals surface area contributed by atoms with Gasteiger partial charge in [0.25, 0.3) is 0 Å². The van der Waals surface area contributed by atoms with E-state index >= 15 is 0 Å². The number of benzene rings is 2. The van der Waals surface area contributed by atoms with Crippen molar-refractivity contribution in [2.75, 3.05) is 4.31 Å². The Bertz CT molecular complexity index is 1080. The predicted molar refractivity (Wildman–Crippen MR) is 107 cm³/mol. The average Bonchev–Trinajstić information content (AvgIpc) is 3.08. The van der Waals surface area contributed by atoms with Gasteiger partial charge in [-0.05, 0) is 42.3 Å². The number of hydrogen-bond donors (Lipinski definition) is 2. The molecular weight excluding hydrogens is 400 g/mol. The molecule has 0 spiro atoms. The lowest BCUT2D eigenvalue weighted by Gasteiger charge is -2.27. The fourth-order valence-corrected chi connectivity index (χ4v) is 4.42. The number of carbonyl (C=O) groups is 2. The summed E-state index contributed by atoms with van der Waals surface area (Å²) in [6.45, 7) is 1.74. The van der Waals surface area contributed by atoms with E-state index in [4.69, 9.17) is 5.73 Å². The first kappa shape index (κ1) is 19.7. The largest absolute Gasteiger partial charge is 0.755 e. The summed E-state index contributed by atoms with van der Waals surface area (Å²) < 4.78 is 24.9. The summed E-state index contributed by atoms with van der Waals surface area (Å²) >= 11 is -1.78. The van der Waals surface area contributed by atoms with Gasteiger partial charge in [-0.3, -0.25) is 13.3 Å². The Morgan fingerprint density at radius 3 is 2.29 bits per heavy atom. The zero-order valence-corrected chi connectivity index (χ0v) is 16.3. The summed E-state index contributed by atoms with van der Waals surface area (Å²) in [5, 5.41) is 9.61. The van der Waals surface area contributed by atoms with E-state index < -0.39 is 23.1 Å². The molecule has 28 heavy (non-hydrogen) atoms. The maximum Gasteiger partial charge on any atom is 0.348 e. The van der Waals surface area contributed by atoms with Crippen LogP contribution in [-0.4, -0.2) is 25.7 Å². The standard InChI is InChI=1S/C19H16N2O5S2/c1-11-4-2-3-5-14(11)21(28(25)26)15-10-16(27-17(15)19(23)24)12-6-8-13(9-7-12)18(20)22/h2-10H,1H3,(H2,20,22)(H,23,24)(H,25,26)/p-1. The Morgan fingerprint density at radius 1 is 1.11 bits per heavy atom. The molecule has 0 aliphatic heterocycles. The van der Waals surface area contributed by atoms with Crippen LogP contribution in [0.5, 0.6) is 0 Å². The monoisotopic (exact) mass is 415 g/mol. The number of hydrogen-bond acceptors (Lipinski definition) is 5. The highest BCUT2D eigenvalue weighted by molar-refractivity contribution is 7.81. The van der Waals surface area contributed by atoms with E-state index in [1.54, 1.807) is 43.3 Å². The van der Waals surface area contributed by atoms with Crippen molar-refractivity contribution >= 4 is 45.9 Å². The fourth-order valence-electron chi connectivity index (χ4n) is 2.71. The topological polar surface area (TPSA) is 124 Å². The van der Waals surface area contributed by atoms with Crippen LogP contribution in [-0.2, 0) is 11.3 Å². The molecule has 1 heterocycles. The second kappa shape index (κ2) is 7.93. The van der Waals surface area contributed by atoms with Gasteiger partial charge >= 0.3 is 5.97 Å². The molecule has 1 amide bonds. The van der Waals surface area contributed by atoms with Gasteiger partial charge in [0.2, 0.25) is 5.91 Å². The summed E-state index contributed by atoms with van der Waals surface area (Å²) in [7, 11) is 0. The number of nitrogens with zero attached hydrogens (tertiary/aromatic N) is 1. The first-order valence-electron chi connectivity index (χ1n) is 8.02. The minimum Gasteiger partial charge on any atom is -0.755 e. The number of nitrogens with two attached hydrogens (primary N) is 1. The van der Waals surface area contributed by atoms with Gasteiger partial charge in [0, 0.05) is 10.4 Å². The Balaban J connectivity index is 2.14. The van der Waals surface area contributed by atoms with Gasteiger partial charge in [0.1, 0.15) is 4.88 Å². The second-order valence-corrected chi connectivity index (χ2v) is 7.72. The average molecular weight is 415 g/mol. The maximum atomic E-state index is 12.0. The summed E-state index contributed by atoms with van der Waals surface area (Å²) in [4.78, 5) is 23.4. The molecule has 3 N–H and O–H groups in total. The molecule has 3 aromatic rings. The maximum absolute atomic E-state index is 12.0. The van der Waals surface area contributed by atoms with Gasteiger partial charge in [-0.1, -0.05) is 30.3 Å². The van der Waals surface area contributed by atoms with Gasteiger partial charge in [0.15, 0.2) is 0 Å². The van der Waals surface area contributed by atoms with Crippen molar-refractivity contribution in [3.05, 3.63) is 70.6 Å². The number of primary amides is 1. The van der Waals surface area contributed by atoms with Crippen LogP contribution in [0, 0.1) is 6.92 Å². The van der Waals surface area contributed by atoms with Crippen molar-refractivity contribution in [2.24, 2.45) is 5.73 Å². The molecule has 9 heteroatoms. The third-order valence-electron chi connectivity index (χ3n) is 4.06. The third kappa shape index (κ3) is 3.81. The van der Waals surface area contributed by atoms with Crippen molar-refractivity contribution < 1.29 is 23.5 Å². The number of aromatic carboxylic acids is 1. The second-order valence-electron chi connectivity index (χ2n) is 5.87. The van der Waals surface area contributed by atoms with E-state index in [1.807, 2.05) is 0 Å². The molecule has 0 fully saturated rings. The predicted octanol–water partition coefficient (Wildman–Crippen LogP) is 3.45. The van der Waals surface area contributed by atoms with Crippen molar-refractivity contribution in [1.82, 2.24) is 0 Å². The SMILES string of the molecule is Cc1ccccc1N(c1cc(-c2ccc(C(N)=O)cc2)sc1C(=O)O)S(=O)[O-]. The van der Waals surface area contributed by atoms with Gasteiger partial charge < -0.3 is 15.4 Å². The molecule has 0 aliphatic rings. The molecule has 0 saturated carbocycles. The van der Waals surface area contributed by atoms with Crippen LogP contribution < -0.4 is 10.0 Å². The van der Waals surface area contributed by atoms with Crippen molar-refractivity contribution in [3.63, 3.8) is 0 Å². The first-order chi connectivity index (χ1) is 13.3. The molecule has 1 unspecified atom stereocenters. The number of carboxylic acids is 1. The van der Waals surface area contributed by atoms with Crippen LogP contribution in [0.25, 0.3) is 10.4 Å². The quantitative estimate of drug-likeness (QED) is 0.597. The Labute approximate surface area is 167 Å². The molecule has 7 nitrogen and oxygen atoms in total. The zero-order chi connectivity index (χ0) is 20.4. The Kier molecular flexibility index (Phi) is 5.59. The lowest BCUT2D eigenvalue weighted by Crippen LogP contribution is -2.21. The highest BCUT2D eigenvalue weighted by Gasteiger charge is 2.24. The molecule has 2 aromatic carbocycles. The molecule has 0 aliphatic carbocycles. The Morgan fingerprint density at radius 2 is 1.75 bits per heavy atom. The van der Waals surface area contributed by atoms with Gasteiger partial charge in [-0.15, -0.1) is 11.3 Å². The molecule has 0 bridgehead atoms. The van der Waals surface area contributed by atoms with E-state index in [0.717, 1.165) is 15.6 Å². The van der Waals surface area contributed by atoms with Crippen LogP contribution >= 0.6 is 11.3 Å². The van der Waals surface area contributed by atoms with E-state index in [2.05, 4.69) is 0 Å². The van der Waals surface area contributed by atoms with Gasteiger partial charge in [-0.25, -0.2) is 4.79 Å². The number of carbonyl (C=O) groups excluding carboxylic acids is 1. The summed E-state index contributed by atoms with van der Waals surface area (Å²) in [5.41, 5.74) is 7.30. The highest BCUT2D eigenvalue weighted by Crippen LogP contribution is 2.41. The zero-order valence-electron chi connectivity index (χ0n) is 14.6. The number of carboxylic acid groups (broad SMARTS) is 1. The minimum absolute atomic E-state index is 0.0501. The fraction of sp³-hybridized carbons (Fsp3) is 0.0526. The molecule has 0 radical (unpaired) electrons. The van der Waals surface area contributed by atoms with Crippen molar-refractivity contribution in [3.8, 4) is 10.4 Å². The first-order valence-corrected chi connectivity index (χ1v) is 9.87. The number of para-hydroxylation sites is 1. The van der Waals surface area contributed by atoms with E-state index in [0.29, 0.717) is 27.3 Å². The molecule has 144 valence electrons. The number of thiophene rings is 1. The van der Waals surface area contributed by atoms with Crippen LogP contribution in [0.2, 0.25) is 0 Å². The van der Waals surface area contributed by atoms with Crippen LogP contribution in [0.15, 0.2) is 54.6 Å². The number of amides is 1. The number of rotatable bonds is 6. The summed E-state index contributed by atoms with van der Waals surface area (Å²) in [6.07, 6.45) is 0. The smallest absolute Gasteiger partial charge is 0.348 e. The van der Waals surface area contributed by atoms with Crippen LogP contribution in [0.4, 0.5) is 11.4 Å². The van der Waals surface area contributed by atoms with E-state index in [9.17, 15) is 23.5 Å². The molecule has 1 aromatic heterocycles. The molecule has 0 saturated heterocycles. The molecule has 1 atom stereocenters. The lowest BCUT2D eigenvalue weighted by atomic mass is 10.1.